The summed E-state index contributed by atoms with van der Waals surface area (Å²) in [6.45, 7) is -1.22. The highest BCUT2D eigenvalue weighted by Crippen LogP contribution is 1.97. The maximum Gasteiger partial charge on any atom is 0.323 e. The lowest BCUT2D eigenvalue weighted by Crippen LogP contribution is -2.45. The van der Waals surface area contributed by atoms with E-state index in [0.29, 0.717) is 10.6 Å². The van der Waals surface area contributed by atoms with Gasteiger partial charge in [-0.25, -0.2) is 4.79 Å². The van der Waals surface area contributed by atoms with Gasteiger partial charge in [-0.15, -0.1) is 0 Å². The van der Waals surface area contributed by atoms with E-state index in [1.54, 1.807) is 24.0 Å². The Morgan fingerprint density at radius 1 is 1.32 bits per heavy atom. The zero-order valence-corrected chi connectivity index (χ0v) is 10.2. The summed E-state index contributed by atoms with van der Waals surface area (Å²) in [6, 6.07) is 0.921. The van der Waals surface area contributed by atoms with E-state index < -0.39 is 31.1 Å². The molecule has 1 rings (SSSR count). The molecule has 2 amide bonds. The Labute approximate surface area is 108 Å². The Morgan fingerprint density at radius 3 is 2.32 bits per heavy atom. The first-order valence-electron chi connectivity index (χ1n) is 5.33. The number of aliphatic carboxylic acids is 2. The van der Waals surface area contributed by atoms with Crippen molar-refractivity contribution < 1.29 is 24.6 Å². The maximum absolute atomic E-state index is 11.7. The van der Waals surface area contributed by atoms with Gasteiger partial charge in [-0.1, -0.05) is 0 Å². The minimum atomic E-state index is -1.28. The van der Waals surface area contributed by atoms with Crippen LogP contribution in [0.3, 0.4) is 0 Å². The van der Waals surface area contributed by atoms with Crippen molar-refractivity contribution in [3.8, 4) is 0 Å². The van der Waals surface area contributed by atoms with Crippen molar-refractivity contribution in [2.45, 2.75) is 6.54 Å². The number of nitrogens with zero attached hydrogens (tertiary/aromatic N) is 3. The summed E-state index contributed by atoms with van der Waals surface area (Å²) in [5.41, 5.74) is 0.707. The predicted molar refractivity (Wildman–Crippen MR) is 62.3 cm³/mol. The Balaban J connectivity index is 2.58. The van der Waals surface area contributed by atoms with Gasteiger partial charge >= 0.3 is 18.0 Å². The number of hydrogen-bond donors (Lipinski definition) is 3. The first kappa shape index (κ1) is 14.5. The van der Waals surface area contributed by atoms with E-state index in [4.69, 9.17) is 10.2 Å². The first-order valence-corrected chi connectivity index (χ1v) is 5.33. The van der Waals surface area contributed by atoms with Crippen LogP contribution in [-0.2, 0) is 23.2 Å². The normalized spacial score (nSPS) is 9.95. The Morgan fingerprint density at radius 2 is 1.89 bits per heavy atom. The average molecular weight is 270 g/mol. The fourth-order valence-electron chi connectivity index (χ4n) is 1.38. The van der Waals surface area contributed by atoms with E-state index in [2.05, 4.69) is 10.4 Å². The van der Waals surface area contributed by atoms with Gasteiger partial charge in [-0.3, -0.25) is 14.3 Å². The average Bonchev–Trinajstić information content (AvgIpc) is 2.69. The van der Waals surface area contributed by atoms with Gasteiger partial charge in [0, 0.05) is 13.2 Å². The summed E-state index contributed by atoms with van der Waals surface area (Å²) >= 11 is 0. The van der Waals surface area contributed by atoms with Crippen molar-refractivity contribution in [2.75, 3.05) is 13.1 Å². The molecule has 0 aromatic carbocycles. The quantitative estimate of drug-likeness (QED) is 0.615. The van der Waals surface area contributed by atoms with E-state index in [9.17, 15) is 14.4 Å². The molecule has 1 aromatic rings. The molecule has 0 aliphatic heterocycles. The molecule has 0 saturated carbocycles. The van der Waals surface area contributed by atoms with Gasteiger partial charge in [0.15, 0.2) is 0 Å². The van der Waals surface area contributed by atoms with E-state index in [1.807, 2.05) is 0 Å². The Bertz CT molecular complexity index is 468. The van der Waals surface area contributed by atoms with Gasteiger partial charge in [-0.2, -0.15) is 5.10 Å². The smallest absolute Gasteiger partial charge is 0.323 e. The number of amides is 2. The van der Waals surface area contributed by atoms with Gasteiger partial charge in [0.2, 0.25) is 0 Å². The molecule has 0 aliphatic rings. The molecule has 9 nitrogen and oxygen atoms in total. The number of carbonyl (C=O) groups excluding carboxylic acids is 1. The molecule has 19 heavy (non-hydrogen) atoms. The number of carbonyl (C=O) groups is 3. The molecule has 0 saturated heterocycles. The molecular weight excluding hydrogens is 256 g/mol. The molecule has 0 bridgehead atoms. The van der Waals surface area contributed by atoms with Crippen LogP contribution in [0.4, 0.5) is 4.79 Å². The van der Waals surface area contributed by atoms with Gasteiger partial charge in [0.25, 0.3) is 0 Å². The van der Waals surface area contributed by atoms with Crippen LogP contribution in [0.25, 0.3) is 0 Å². The lowest BCUT2D eigenvalue weighted by atomic mass is 10.4. The molecule has 0 radical (unpaired) electrons. The van der Waals surface area contributed by atoms with Crippen LogP contribution in [0.5, 0.6) is 0 Å². The van der Waals surface area contributed by atoms with Crippen LogP contribution in [0.15, 0.2) is 12.3 Å². The zero-order chi connectivity index (χ0) is 14.4. The van der Waals surface area contributed by atoms with E-state index >= 15 is 0 Å². The molecule has 0 atom stereocenters. The minimum absolute atomic E-state index is 0.130. The molecular formula is C10H14N4O5. The van der Waals surface area contributed by atoms with E-state index in [0.717, 1.165) is 0 Å². The van der Waals surface area contributed by atoms with Crippen molar-refractivity contribution in [1.29, 1.82) is 0 Å². The highest BCUT2D eigenvalue weighted by molar-refractivity contribution is 5.84. The first-order chi connectivity index (χ1) is 8.90. The highest BCUT2D eigenvalue weighted by Gasteiger charge is 2.19. The summed E-state index contributed by atoms with van der Waals surface area (Å²) in [4.78, 5) is 33.5. The molecule has 0 spiro atoms. The number of carboxylic acids is 2. The second-order valence-corrected chi connectivity index (χ2v) is 3.75. The molecule has 0 aliphatic carbocycles. The second kappa shape index (κ2) is 6.38. The SMILES string of the molecule is Cn1nccc1CNC(=O)N(CC(=O)O)CC(=O)O. The zero-order valence-electron chi connectivity index (χ0n) is 10.2. The summed E-state index contributed by atoms with van der Waals surface area (Å²) < 4.78 is 1.54. The topological polar surface area (TPSA) is 125 Å². The van der Waals surface area contributed by atoms with Crippen LogP contribution < -0.4 is 5.32 Å². The maximum atomic E-state index is 11.7. The van der Waals surface area contributed by atoms with Crippen molar-refractivity contribution in [2.24, 2.45) is 7.05 Å². The number of urea groups is 1. The monoisotopic (exact) mass is 270 g/mol. The minimum Gasteiger partial charge on any atom is -0.480 e. The third-order valence-electron chi connectivity index (χ3n) is 2.28. The number of hydrogen-bond acceptors (Lipinski definition) is 4. The largest absolute Gasteiger partial charge is 0.480 e. The summed E-state index contributed by atoms with van der Waals surface area (Å²) in [7, 11) is 1.69. The van der Waals surface area contributed by atoms with Crippen molar-refractivity contribution >= 4 is 18.0 Å². The second-order valence-electron chi connectivity index (χ2n) is 3.75. The summed E-state index contributed by atoms with van der Waals surface area (Å²) in [5.74, 6) is -2.56. The Hall–Kier alpha value is -2.58. The van der Waals surface area contributed by atoms with Crippen LogP contribution in [0.1, 0.15) is 5.69 Å². The summed E-state index contributed by atoms with van der Waals surface area (Å²) in [5, 5.41) is 23.6. The van der Waals surface area contributed by atoms with Crippen LogP contribution in [-0.4, -0.2) is 56.0 Å². The molecule has 3 N–H and O–H groups in total. The number of rotatable bonds is 6. The van der Waals surface area contributed by atoms with Gasteiger partial charge in [0.1, 0.15) is 13.1 Å². The van der Waals surface area contributed by atoms with Gasteiger partial charge in [-0.05, 0) is 6.07 Å². The highest BCUT2D eigenvalue weighted by atomic mass is 16.4. The Kier molecular flexibility index (Phi) is 4.86. The standard InChI is InChI=1S/C10H14N4O5/c1-13-7(2-3-12-13)4-11-10(19)14(5-8(15)16)6-9(17)18/h2-3H,4-6H2,1H3,(H,11,19)(H,15,16)(H,17,18). The van der Waals surface area contributed by atoms with Gasteiger partial charge < -0.3 is 20.4 Å². The molecule has 104 valence electrons. The number of nitrogens with one attached hydrogen (secondary N) is 1. The molecule has 0 unspecified atom stereocenters. The predicted octanol–water partition coefficient (Wildman–Crippen LogP) is -0.899. The molecule has 9 heteroatoms. The van der Waals surface area contributed by atoms with Crippen LogP contribution >= 0.6 is 0 Å². The van der Waals surface area contributed by atoms with Crippen molar-refractivity contribution in [3.63, 3.8) is 0 Å². The van der Waals surface area contributed by atoms with Crippen LogP contribution in [0, 0.1) is 0 Å². The number of carboxylic acid groups (broad SMARTS) is 2. The molecule has 1 heterocycles. The number of aromatic nitrogens is 2. The molecule has 1 aromatic heterocycles. The lowest BCUT2D eigenvalue weighted by molar-refractivity contribution is -0.140. The third-order valence-corrected chi connectivity index (χ3v) is 2.28. The van der Waals surface area contributed by atoms with Gasteiger partial charge in [0.05, 0.1) is 12.2 Å². The van der Waals surface area contributed by atoms with E-state index in [1.165, 1.54) is 0 Å². The van der Waals surface area contributed by atoms with Crippen molar-refractivity contribution in [3.05, 3.63) is 18.0 Å². The van der Waals surface area contributed by atoms with Crippen LogP contribution in [0.2, 0.25) is 0 Å². The lowest BCUT2D eigenvalue weighted by Gasteiger charge is -2.19. The third kappa shape index (κ3) is 4.66. The van der Waals surface area contributed by atoms with E-state index in [-0.39, 0.29) is 6.54 Å². The fourth-order valence-corrected chi connectivity index (χ4v) is 1.38. The molecule has 0 fully saturated rings. The number of aryl methyl sites for hydroxylation is 1. The fraction of sp³-hybridized carbons (Fsp3) is 0.400. The van der Waals surface area contributed by atoms with Crippen molar-refractivity contribution in [1.82, 2.24) is 20.0 Å². The summed E-state index contributed by atoms with van der Waals surface area (Å²) in [6.07, 6.45) is 1.55.